The summed E-state index contributed by atoms with van der Waals surface area (Å²) in [6.45, 7) is 13.0. The Morgan fingerprint density at radius 1 is 1.11 bits per heavy atom. The molecule has 3 rings (SSSR count). The molecule has 0 aromatic carbocycles. The van der Waals surface area contributed by atoms with Gasteiger partial charge in [-0.2, -0.15) is 0 Å². The third kappa shape index (κ3) is 10.8. The molecule has 0 spiro atoms. The second-order valence-electron chi connectivity index (χ2n) is 12.1. The van der Waals surface area contributed by atoms with Gasteiger partial charge in [0.15, 0.2) is 0 Å². The van der Waals surface area contributed by atoms with E-state index in [-0.39, 0.29) is 36.0 Å². The summed E-state index contributed by atoms with van der Waals surface area (Å²) in [5.41, 5.74) is 5.62. The molecule has 1 saturated heterocycles. The second kappa shape index (κ2) is 20.6. The third-order valence-electron chi connectivity index (χ3n) is 9.64. The van der Waals surface area contributed by atoms with E-state index < -0.39 is 23.5 Å². The lowest BCUT2D eigenvalue weighted by Gasteiger charge is -2.41. The quantitative estimate of drug-likeness (QED) is 0.0580. The Morgan fingerprint density at radius 3 is 2.35 bits per heavy atom. The van der Waals surface area contributed by atoms with Crippen molar-refractivity contribution < 1.29 is 29.3 Å². The monoisotopic (exact) mass is 649 g/mol. The number of rotatable bonds is 12. The number of amidine groups is 1. The molecule has 3 fully saturated rings. The molecule has 262 valence electrons. The summed E-state index contributed by atoms with van der Waals surface area (Å²) in [6.07, 6.45) is 11.3. The molecule has 3 aliphatic rings. The van der Waals surface area contributed by atoms with Gasteiger partial charge in [-0.15, -0.1) is 0 Å². The van der Waals surface area contributed by atoms with E-state index >= 15 is 0 Å². The summed E-state index contributed by atoms with van der Waals surface area (Å²) in [5.74, 6) is 1.10. The number of likely N-dealkylation sites (tertiary alicyclic amines) is 1. The average Bonchev–Trinajstić information content (AvgIpc) is 3.29. The molecule has 1 aliphatic heterocycles. The Kier molecular flexibility index (Phi) is 18.2. The molecule has 0 aromatic heterocycles. The summed E-state index contributed by atoms with van der Waals surface area (Å²) >= 11 is 0. The molecular weight excluding hydrogens is 588 g/mol. The number of hydrogen-bond acceptors (Lipinski definition) is 8. The molecule has 13 heteroatoms. The lowest BCUT2D eigenvalue weighted by atomic mass is 9.65. The molecular formula is C33H61N8O5+. The fourth-order valence-electron chi connectivity index (χ4n) is 6.92. The largest absolute Gasteiger partial charge is 0.389 e. The molecule has 13 nitrogen and oxygen atoms in total. The number of nitrogens with zero attached hydrogens (tertiary/aromatic N) is 1. The molecule has 7 atom stereocenters. The number of carbonyl (C=O) groups excluding carboxylic acids is 4. The van der Waals surface area contributed by atoms with Crippen molar-refractivity contribution in [1.82, 2.24) is 31.5 Å². The van der Waals surface area contributed by atoms with Gasteiger partial charge in [-0.25, -0.2) is 0 Å². The van der Waals surface area contributed by atoms with Crippen molar-refractivity contribution >= 4 is 30.0 Å². The van der Waals surface area contributed by atoms with Gasteiger partial charge in [0, 0.05) is 39.1 Å². The number of imide groups is 1. The first-order valence-electron chi connectivity index (χ1n) is 16.8. The average molecular weight is 650 g/mol. The minimum Gasteiger partial charge on any atom is -0.389 e. The van der Waals surface area contributed by atoms with Crippen LogP contribution in [0.15, 0.2) is 24.6 Å². The molecule has 46 heavy (non-hydrogen) atoms. The third-order valence-corrected chi connectivity index (χ3v) is 9.64. The highest BCUT2D eigenvalue weighted by Crippen LogP contribution is 2.44. The van der Waals surface area contributed by atoms with Crippen molar-refractivity contribution in [2.45, 2.75) is 103 Å². The Bertz CT molecular complexity index is 1060. The zero-order valence-corrected chi connectivity index (χ0v) is 29.1. The highest BCUT2D eigenvalue weighted by atomic mass is 16.3. The summed E-state index contributed by atoms with van der Waals surface area (Å²) < 4.78 is 0. The number of hydrogen-bond donors (Lipinski definition) is 8. The Morgan fingerprint density at radius 2 is 1.76 bits per heavy atom. The standard InChI is InChI=1S/C24H43N5O2.C7H11N3O3.C2H6/c1-5-21(25)28-20(14-26-6-2)24(3)22(30)19(15-29(24)4)27-23(31)18-13-9-11-16-10-7-8-12-17(16)18;1-8-5(7(13)9-2)3-6(12)10-4-11;1-2/h6,16-20,22,26,30H,2,5,7-15H2,1,3-4H3,(H2,25,28)(H,27,31);3-4,8H,1-2H3,(H,9,13)(H,10,11,12);1-2H3/p+1/b;5-3-;/t16?,17?,18?,19?,20?,22-,24?;;/m1../s1. The van der Waals surface area contributed by atoms with Crippen molar-refractivity contribution in [2.75, 3.05) is 34.2 Å². The number of carbonyl (C=O) groups is 4. The van der Waals surface area contributed by atoms with Crippen LogP contribution >= 0.6 is 0 Å². The van der Waals surface area contributed by atoms with E-state index in [1.54, 1.807) is 6.20 Å². The van der Waals surface area contributed by atoms with Crippen LogP contribution in [0.25, 0.3) is 0 Å². The van der Waals surface area contributed by atoms with Crippen LogP contribution in [0.5, 0.6) is 0 Å². The van der Waals surface area contributed by atoms with Crippen LogP contribution in [-0.4, -0.2) is 97.9 Å². The number of likely N-dealkylation sites (N-methyl/N-ethyl adjacent to an activating group) is 3. The van der Waals surface area contributed by atoms with Gasteiger partial charge < -0.3 is 26.4 Å². The Balaban J connectivity index is 0.000000595. The van der Waals surface area contributed by atoms with Crippen LogP contribution in [0.3, 0.4) is 0 Å². The predicted molar refractivity (Wildman–Crippen MR) is 181 cm³/mol. The normalized spacial score (nSPS) is 28.4. The highest BCUT2D eigenvalue weighted by molar-refractivity contribution is 6.02. The van der Waals surface area contributed by atoms with Crippen molar-refractivity contribution in [1.29, 1.82) is 0 Å². The SMILES string of the molecule is C=CNCC([NH+]=C(N)CC)C1(C)[C@H](O)C(NC(=O)C2CCCC3CCCCC32)CN1C.CC.CNC(=O)/C(=C/C(=O)NC=O)NC. The lowest BCUT2D eigenvalue weighted by molar-refractivity contribution is -0.522. The maximum absolute atomic E-state index is 13.3. The highest BCUT2D eigenvalue weighted by Gasteiger charge is 2.55. The number of aliphatic hydroxyl groups excluding tert-OH is 1. The Hall–Kier alpha value is -3.45. The molecule has 1 heterocycles. The molecule has 4 amide bonds. The van der Waals surface area contributed by atoms with Gasteiger partial charge in [-0.3, -0.25) is 40.1 Å². The zero-order valence-electron chi connectivity index (χ0n) is 29.1. The number of amides is 4. The van der Waals surface area contributed by atoms with E-state index in [1.165, 1.54) is 46.2 Å². The summed E-state index contributed by atoms with van der Waals surface area (Å²) in [4.78, 5) is 50.5. The van der Waals surface area contributed by atoms with Crippen molar-refractivity contribution in [3.05, 3.63) is 24.6 Å². The minimum atomic E-state index is -0.707. The molecule has 0 aromatic rings. The van der Waals surface area contributed by atoms with Gasteiger partial charge in [-0.05, 0) is 44.8 Å². The van der Waals surface area contributed by atoms with Gasteiger partial charge in [0.2, 0.25) is 18.2 Å². The maximum Gasteiger partial charge on any atom is 0.267 e. The van der Waals surface area contributed by atoms with Crippen LogP contribution in [0.2, 0.25) is 0 Å². The fraction of sp³-hybridized carbons (Fsp3) is 0.727. The van der Waals surface area contributed by atoms with E-state index in [9.17, 15) is 24.3 Å². The smallest absolute Gasteiger partial charge is 0.267 e. The van der Waals surface area contributed by atoms with Crippen molar-refractivity contribution in [2.24, 2.45) is 23.5 Å². The van der Waals surface area contributed by atoms with Gasteiger partial charge in [0.1, 0.15) is 11.7 Å². The number of nitrogens with two attached hydrogens (primary N) is 1. The van der Waals surface area contributed by atoms with E-state index in [2.05, 4.69) is 37.7 Å². The van der Waals surface area contributed by atoms with Crippen molar-refractivity contribution in [3.63, 3.8) is 0 Å². The van der Waals surface area contributed by atoms with Crippen LogP contribution in [-0.2, 0) is 19.2 Å². The summed E-state index contributed by atoms with van der Waals surface area (Å²) in [6, 6.07) is -0.424. The first-order chi connectivity index (χ1) is 22.0. The van der Waals surface area contributed by atoms with Crippen LogP contribution in [0, 0.1) is 17.8 Å². The van der Waals surface area contributed by atoms with Gasteiger partial charge >= 0.3 is 0 Å². The maximum atomic E-state index is 13.3. The number of nitrogens with one attached hydrogen (secondary N) is 6. The van der Waals surface area contributed by atoms with E-state index in [0.29, 0.717) is 37.2 Å². The van der Waals surface area contributed by atoms with Crippen molar-refractivity contribution in [3.8, 4) is 0 Å². The van der Waals surface area contributed by atoms with Gasteiger partial charge in [0.25, 0.3) is 11.8 Å². The van der Waals surface area contributed by atoms with Crippen LogP contribution in [0.4, 0.5) is 0 Å². The molecule has 0 radical (unpaired) electrons. The molecule has 2 aliphatic carbocycles. The van der Waals surface area contributed by atoms with Crippen LogP contribution < -0.4 is 37.3 Å². The molecule has 2 saturated carbocycles. The van der Waals surface area contributed by atoms with E-state index in [4.69, 9.17) is 5.73 Å². The fourth-order valence-corrected chi connectivity index (χ4v) is 6.92. The van der Waals surface area contributed by atoms with Gasteiger partial charge in [-0.1, -0.05) is 59.5 Å². The van der Waals surface area contributed by atoms with Crippen LogP contribution in [0.1, 0.15) is 79.1 Å². The Labute approximate surface area is 275 Å². The summed E-state index contributed by atoms with van der Waals surface area (Å²) in [5, 5.41) is 24.6. The molecule has 9 N–H and O–H groups in total. The van der Waals surface area contributed by atoms with E-state index in [1.807, 2.05) is 40.1 Å². The van der Waals surface area contributed by atoms with E-state index in [0.717, 1.165) is 18.9 Å². The molecule has 6 unspecified atom stereocenters. The first kappa shape index (κ1) is 40.6. The summed E-state index contributed by atoms with van der Waals surface area (Å²) in [7, 11) is 4.94. The number of fused-ring (bicyclic) bond motifs is 1. The molecule has 0 bridgehead atoms. The number of aliphatic hydroxyl groups is 1. The second-order valence-corrected chi connectivity index (χ2v) is 12.1. The topological polar surface area (TPSA) is 192 Å². The minimum absolute atomic E-state index is 0.0850. The van der Waals surface area contributed by atoms with Gasteiger partial charge in [0.05, 0.1) is 24.2 Å². The predicted octanol–water partition coefficient (Wildman–Crippen LogP) is -0.773. The lowest BCUT2D eigenvalue weighted by Crippen LogP contribution is -2.90. The first-order valence-corrected chi connectivity index (χ1v) is 16.8. The zero-order chi connectivity index (χ0) is 34.9.